The lowest BCUT2D eigenvalue weighted by Crippen LogP contribution is -2.61. The SMILES string of the molecule is C[C@@]1(N)CN=C(NC(N)=O)NC1=O. The average Bonchev–Trinajstić information content (AvgIpc) is 1.97. The Hall–Kier alpha value is -1.63. The molecule has 0 radical (unpaired) electrons. The van der Waals surface area contributed by atoms with Gasteiger partial charge in [0, 0.05) is 0 Å². The molecule has 3 amide bonds. The number of hydrogen-bond donors (Lipinski definition) is 4. The lowest BCUT2D eigenvalue weighted by Gasteiger charge is -2.26. The number of aliphatic imine (C=N–C) groups is 1. The summed E-state index contributed by atoms with van der Waals surface area (Å²) in [5.41, 5.74) is 9.35. The highest BCUT2D eigenvalue weighted by Gasteiger charge is 2.32. The predicted molar refractivity (Wildman–Crippen MR) is 45.8 cm³/mol. The Morgan fingerprint density at radius 3 is 2.85 bits per heavy atom. The van der Waals surface area contributed by atoms with E-state index in [-0.39, 0.29) is 12.5 Å². The Morgan fingerprint density at radius 1 is 1.77 bits per heavy atom. The first-order valence-electron chi connectivity index (χ1n) is 3.63. The number of amides is 3. The van der Waals surface area contributed by atoms with Crippen molar-refractivity contribution in [3.63, 3.8) is 0 Å². The first-order chi connectivity index (χ1) is 5.92. The number of primary amides is 1. The molecule has 1 rings (SSSR count). The second-order valence-electron chi connectivity index (χ2n) is 3.03. The van der Waals surface area contributed by atoms with E-state index in [2.05, 4.69) is 15.6 Å². The standard InChI is InChI=1S/C6H11N5O2/c1-6(8)2-9-5(10-3(6)12)11-4(7)13/h2,8H2,1H3,(H4,7,9,10,11,12,13)/t6-/m1/s1. The molecule has 13 heavy (non-hydrogen) atoms. The maximum atomic E-state index is 11.2. The van der Waals surface area contributed by atoms with E-state index in [4.69, 9.17) is 11.5 Å². The van der Waals surface area contributed by atoms with Gasteiger partial charge >= 0.3 is 6.03 Å². The molecular formula is C6H11N5O2. The van der Waals surface area contributed by atoms with Gasteiger partial charge in [0.15, 0.2) is 0 Å². The fourth-order valence-corrected chi connectivity index (χ4v) is 0.792. The molecule has 6 N–H and O–H groups in total. The van der Waals surface area contributed by atoms with Crippen molar-refractivity contribution in [3.05, 3.63) is 0 Å². The highest BCUT2D eigenvalue weighted by atomic mass is 16.2. The fraction of sp³-hybridized carbons (Fsp3) is 0.500. The van der Waals surface area contributed by atoms with Gasteiger partial charge in [-0.1, -0.05) is 0 Å². The molecule has 0 saturated heterocycles. The van der Waals surface area contributed by atoms with Crippen molar-refractivity contribution in [2.45, 2.75) is 12.5 Å². The van der Waals surface area contributed by atoms with Gasteiger partial charge in [0.2, 0.25) is 11.9 Å². The quantitative estimate of drug-likeness (QED) is 0.344. The molecule has 1 aliphatic rings. The zero-order valence-electron chi connectivity index (χ0n) is 7.13. The number of nitrogens with zero attached hydrogens (tertiary/aromatic N) is 1. The number of carbonyl (C=O) groups is 2. The maximum absolute atomic E-state index is 11.2. The molecule has 1 aliphatic heterocycles. The van der Waals surface area contributed by atoms with Crippen LogP contribution in [-0.2, 0) is 4.79 Å². The molecule has 7 nitrogen and oxygen atoms in total. The maximum Gasteiger partial charge on any atom is 0.318 e. The summed E-state index contributed by atoms with van der Waals surface area (Å²) in [5, 5.41) is 4.46. The summed E-state index contributed by atoms with van der Waals surface area (Å²) in [6.07, 6.45) is 0. The average molecular weight is 185 g/mol. The molecule has 0 fully saturated rings. The van der Waals surface area contributed by atoms with E-state index >= 15 is 0 Å². The van der Waals surface area contributed by atoms with E-state index in [1.165, 1.54) is 0 Å². The van der Waals surface area contributed by atoms with E-state index in [0.717, 1.165) is 0 Å². The molecule has 1 heterocycles. The molecule has 0 aliphatic carbocycles. The lowest BCUT2D eigenvalue weighted by molar-refractivity contribution is -0.124. The van der Waals surface area contributed by atoms with Crippen LogP contribution in [0.25, 0.3) is 0 Å². The third-order valence-corrected chi connectivity index (χ3v) is 1.56. The van der Waals surface area contributed by atoms with Gasteiger partial charge in [-0.05, 0) is 6.92 Å². The van der Waals surface area contributed by atoms with Crippen molar-refractivity contribution >= 4 is 17.9 Å². The molecule has 0 aromatic rings. The Kier molecular flexibility index (Phi) is 2.20. The first kappa shape index (κ1) is 9.46. The molecule has 7 heteroatoms. The Morgan fingerprint density at radius 2 is 2.38 bits per heavy atom. The van der Waals surface area contributed by atoms with Gasteiger partial charge in [-0.2, -0.15) is 0 Å². The van der Waals surface area contributed by atoms with Crippen LogP contribution in [0.15, 0.2) is 4.99 Å². The van der Waals surface area contributed by atoms with Crippen LogP contribution in [0, 0.1) is 0 Å². The predicted octanol–water partition coefficient (Wildman–Crippen LogP) is -2.14. The molecule has 0 unspecified atom stereocenters. The summed E-state index contributed by atoms with van der Waals surface area (Å²) in [6, 6.07) is -0.778. The molecule has 0 aromatic heterocycles. The second-order valence-corrected chi connectivity index (χ2v) is 3.03. The topological polar surface area (TPSA) is 123 Å². The number of hydrogen-bond acceptors (Lipinski definition) is 4. The van der Waals surface area contributed by atoms with Gasteiger partial charge in [-0.15, -0.1) is 0 Å². The van der Waals surface area contributed by atoms with E-state index in [1.54, 1.807) is 6.92 Å². The summed E-state index contributed by atoms with van der Waals surface area (Å²) >= 11 is 0. The van der Waals surface area contributed by atoms with Gasteiger partial charge < -0.3 is 11.5 Å². The summed E-state index contributed by atoms with van der Waals surface area (Å²) in [6.45, 7) is 1.67. The van der Waals surface area contributed by atoms with Crippen LogP contribution in [-0.4, -0.2) is 30.0 Å². The third kappa shape index (κ3) is 2.15. The molecule has 1 atom stereocenters. The smallest absolute Gasteiger partial charge is 0.318 e. The number of rotatable bonds is 0. The fourth-order valence-electron chi connectivity index (χ4n) is 0.792. The zero-order valence-corrected chi connectivity index (χ0v) is 7.13. The van der Waals surface area contributed by atoms with Crippen molar-refractivity contribution in [2.75, 3.05) is 6.54 Å². The highest BCUT2D eigenvalue weighted by Crippen LogP contribution is 2.03. The molecule has 0 aromatic carbocycles. The third-order valence-electron chi connectivity index (χ3n) is 1.56. The summed E-state index contributed by atoms with van der Waals surface area (Å²) in [7, 11) is 0. The van der Waals surface area contributed by atoms with Crippen LogP contribution >= 0.6 is 0 Å². The van der Waals surface area contributed by atoms with Crippen LogP contribution in [0.1, 0.15) is 6.92 Å². The van der Waals surface area contributed by atoms with E-state index in [0.29, 0.717) is 0 Å². The Labute approximate surface area is 74.6 Å². The summed E-state index contributed by atoms with van der Waals surface area (Å²) in [5.74, 6) is -0.355. The van der Waals surface area contributed by atoms with E-state index in [9.17, 15) is 9.59 Å². The van der Waals surface area contributed by atoms with Crippen molar-refractivity contribution in [2.24, 2.45) is 16.5 Å². The minimum absolute atomic E-state index is 0.0421. The molecule has 0 bridgehead atoms. The van der Waals surface area contributed by atoms with E-state index in [1.807, 2.05) is 0 Å². The number of carbonyl (C=O) groups excluding carboxylic acids is 2. The van der Waals surface area contributed by atoms with Crippen molar-refractivity contribution in [1.29, 1.82) is 0 Å². The normalized spacial score (nSPS) is 27.5. The van der Waals surface area contributed by atoms with Crippen LogP contribution in [0.5, 0.6) is 0 Å². The van der Waals surface area contributed by atoms with Crippen molar-refractivity contribution in [1.82, 2.24) is 10.6 Å². The number of urea groups is 1. The monoisotopic (exact) mass is 185 g/mol. The van der Waals surface area contributed by atoms with E-state index < -0.39 is 17.5 Å². The van der Waals surface area contributed by atoms with Gasteiger partial charge in [0.05, 0.1) is 6.54 Å². The van der Waals surface area contributed by atoms with Crippen molar-refractivity contribution in [3.8, 4) is 0 Å². The Bertz CT molecular complexity index is 283. The number of guanidine groups is 1. The zero-order chi connectivity index (χ0) is 10.1. The van der Waals surface area contributed by atoms with Crippen LogP contribution in [0.4, 0.5) is 4.79 Å². The Balaban J connectivity index is 2.69. The second kappa shape index (κ2) is 3.02. The minimum atomic E-state index is -1.02. The van der Waals surface area contributed by atoms with Crippen LogP contribution in [0.3, 0.4) is 0 Å². The lowest BCUT2D eigenvalue weighted by atomic mass is 10.0. The molecule has 0 spiro atoms. The van der Waals surface area contributed by atoms with Crippen LogP contribution in [0.2, 0.25) is 0 Å². The first-order valence-corrected chi connectivity index (χ1v) is 3.63. The number of nitrogens with two attached hydrogens (primary N) is 2. The van der Waals surface area contributed by atoms with Crippen LogP contribution < -0.4 is 22.1 Å². The molecular weight excluding hydrogens is 174 g/mol. The minimum Gasteiger partial charge on any atom is -0.351 e. The molecule has 72 valence electrons. The van der Waals surface area contributed by atoms with Gasteiger partial charge in [0.25, 0.3) is 0 Å². The molecule has 0 saturated carbocycles. The largest absolute Gasteiger partial charge is 0.351 e. The van der Waals surface area contributed by atoms with Gasteiger partial charge in [-0.25, -0.2) is 4.79 Å². The summed E-state index contributed by atoms with van der Waals surface area (Å²) < 4.78 is 0. The van der Waals surface area contributed by atoms with Crippen molar-refractivity contribution < 1.29 is 9.59 Å². The summed E-state index contributed by atoms with van der Waals surface area (Å²) in [4.78, 5) is 25.4. The van der Waals surface area contributed by atoms with Gasteiger partial charge in [-0.3, -0.25) is 20.4 Å². The highest BCUT2D eigenvalue weighted by molar-refractivity contribution is 6.07. The number of nitrogens with one attached hydrogen (secondary N) is 2. The van der Waals surface area contributed by atoms with Gasteiger partial charge in [0.1, 0.15) is 5.54 Å².